The minimum atomic E-state index is -1.70. The smallest absolute Gasteiger partial charge is 0.303 e. The van der Waals surface area contributed by atoms with Gasteiger partial charge in [-0.05, 0) is 5.53 Å². The fourth-order valence-corrected chi connectivity index (χ4v) is 2.40. The fourth-order valence-electron chi connectivity index (χ4n) is 2.40. The number of nitrogens with one attached hydrogen (secondary N) is 1. The molecule has 1 aliphatic rings. The van der Waals surface area contributed by atoms with Crippen LogP contribution in [0.5, 0.6) is 0 Å². The lowest BCUT2D eigenvalue weighted by molar-refractivity contribution is -0.264. The highest BCUT2D eigenvalue weighted by molar-refractivity contribution is 5.78. The second kappa shape index (κ2) is 10.3. The molecule has 13 heteroatoms. The van der Waals surface area contributed by atoms with E-state index in [2.05, 4.69) is 15.3 Å². The minimum absolute atomic E-state index is 0.401. The number of aliphatic hydroxyl groups is 1. The fraction of sp³-hybridized carbons (Fsp3) is 0.714. The Kier molecular flexibility index (Phi) is 8.45. The minimum Gasteiger partial charge on any atom is -0.463 e. The third kappa shape index (κ3) is 7.09. The van der Waals surface area contributed by atoms with Crippen molar-refractivity contribution >= 4 is 23.8 Å². The highest BCUT2D eigenvalue weighted by Crippen LogP contribution is 2.26. The van der Waals surface area contributed by atoms with Crippen molar-refractivity contribution in [3.8, 4) is 0 Å². The lowest BCUT2D eigenvalue weighted by Gasteiger charge is -2.43. The molecule has 150 valence electrons. The van der Waals surface area contributed by atoms with Crippen molar-refractivity contribution in [2.75, 3.05) is 13.2 Å². The van der Waals surface area contributed by atoms with Gasteiger partial charge in [0.05, 0.1) is 0 Å². The zero-order valence-electron chi connectivity index (χ0n) is 14.9. The van der Waals surface area contributed by atoms with E-state index < -0.39 is 67.6 Å². The Labute approximate surface area is 153 Å². The Morgan fingerprint density at radius 2 is 1.70 bits per heavy atom. The predicted octanol–water partition coefficient (Wildman–Crippen LogP) is -1.07. The molecular formula is C14H20N4O9. The molecule has 0 saturated carbocycles. The van der Waals surface area contributed by atoms with Crippen molar-refractivity contribution in [3.63, 3.8) is 0 Å². The molecular weight excluding hydrogens is 368 g/mol. The molecule has 13 nitrogen and oxygen atoms in total. The summed E-state index contributed by atoms with van der Waals surface area (Å²) in [5.74, 6) is -2.99. The van der Waals surface area contributed by atoms with Gasteiger partial charge in [-0.2, -0.15) is 0 Å². The Hall–Kier alpha value is -2.89. The molecule has 0 aromatic carbocycles. The van der Waals surface area contributed by atoms with Crippen LogP contribution in [0.2, 0.25) is 0 Å². The number of carbonyl (C=O) groups excluding carboxylic acids is 4. The topological polar surface area (TPSA) is 186 Å². The van der Waals surface area contributed by atoms with Gasteiger partial charge in [-0.15, -0.1) is 0 Å². The monoisotopic (exact) mass is 388 g/mol. The van der Waals surface area contributed by atoms with Crippen LogP contribution in [-0.4, -0.2) is 72.7 Å². The van der Waals surface area contributed by atoms with E-state index in [1.165, 1.54) is 0 Å². The zero-order valence-corrected chi connectivity index (χ0v) is 14.9. The molecule has 2 N–H and O–H groups in total. The summed E-state index contributed by atoms with van der Waals surface area (Å²) in [6.07, 6.45) is -5.51. The number of azide groups is 1. The Morgan fingerprint density at radius 3 is 2.22 bits per heavy atom. The van der Waals surface area contributed by atoms with Gasteiger partial charge in [-0.1, -0.05) is 5.11 Å². The van der Waals surface area contributed by atoms with Gasteiger partial charge in [0.1, 0.15) is 25.3 Å². The summed E-state index contributed by atoms with van der Waals surface area (Å²) < 4.78 is 20.3. The largest absolute Gasteiger partial charge is 0.463 e. The van der Waals surface area contributed by atoms with E-state index in [0.717, 1.165) is 20.8 Å². The van der Waals surface area contributed by atoms with Gasteiger partial charge in [0.15, 0.2) is 18.5 Å². The molecule has 1 amide bonds. The van der Waals surface area contributed by atoms with Crippen molar-refractivity contribution in [1.29, 1.82) is 0 Å². The molecule has 1 fully saturated rings. The molecule has 0 radical (unpaired) electrons. The lowest BCUT2D eigenvalue weighted by Crippen LogP contribution is -2.66. The van der Waals surface area contributed by atoms with Gasteiger partial charge >= 0.3 is 17.9 Å². The van der Waals surface area contributed by atoms with Gasteiger partial charge in [-0.3, -0.25) is 19.2 Å². The summed E-state index contributed by atoms with van der Waals surface area (Å²) in [7, 11) is 0. The summed E-state index contributed by atoms with van der Waals surface area (Å²) in [5, 5.41) is 15.6. The number of rotatable bonds is 7. The molecule has 0 aromatic heterocycles. The van der Waals surface area contributed by atoms with E-state index in [9.17, 15) is 24.3 Å². The molecule has 1 aliphatic heterocycles. The molecule has 5 atom stereocenters. The SMILES string of the molecule is CC(=O)OCC1O[C@@H](O)C(NC(=O)CN=[N+]=[N-])C(OC(C)=O)[C@H]1OC(C)=O. The summed E-state index contributed by atoms with van der Waals surface area (Å²) in [4.78, 5) is 48.2. The van der Waals surface area contributed by atoms with E-state index in [4.69, 9.17) is 24.5 Å². The quantitative estimate of drug-likeness (QED) is 0.180. The number of hydrogen-bond donors (Lipinski definition) is 2. The van der Waals surface area contributed by atoms with Crippen LogP contribution in [0.4, 0.5) is 0 Å². The van der Waals surface area contributed by atoms with Crippen LogP contribution in [0.15, 0.2) is 5.11 Å². The van der Waals surface area contributed by atoms with Gasteiger partial charge in [-0.25, -0.2) is 0 Å². The first-order chi connectivity index (χ1) is 12.6. The second-order valence-electron chi connectivity index (χ2n) is 5.50. The number of hydrogen-bond acceptors (Lipinski definition) is 10. The summed E-state index contributed by atoms with van der Waals surface area (Å²) >= 11 is 0. The van der Waals surface area contributed by atoms with Crippen LogP contribution in [0.25, 0.3) is 10.4 Å². The van der Waals surface area contributed by atoms with Crippen LogP contribution in [0, 0.1) is 0 Å². The van der Waals surface area contributed by atoms with Crippen LogP contribution < -0.4 is 5.32 Å². The lowest BCUT2D eigenvalue weighted by atomic mass is 9.96. The maximum atomic E-state index is 11.8. The molecule has 1 rings (SSSR count). The first kappa shape index (κ1) is 22.2. The third-order valence-corrected chi connectivity index (χ3v) is 3.33. The number of esters is 3. The van der Waals surface area contributed by atoms with Gasteiger partial charge in [0, 0.05) is 25.7 Å². The second-order valence-corrected chi connectivity index (χ2v) is 5.50. The molecule has 0 aliphatic carbocycles. The molecule has 27 heavy (non-hydrogen) atoms. The highest BCUT2D eigenvalue weighted by Gasteiger charge is 2.50. The molecule has 1 heterocycles. The zero-order chi connectivity index (χ0) is 20.6. The normalized spacial score (nSPS) is 26.9. The van der Waals surface area contributed by atoms with E-state index in [1.54, 1.807) is 0 Å². The molecule has 0 spiro atoms. The number of nitrogens with zero attached hydrogens (tertiary/aromatic N) is 3. The Balaban J connectivity index is 3.12. The summed E-state index contributed by atoms with van der Waals surface area (Å²) in [5.41, 5.74) is 8.26. The van der Waals surface area contributed by atoms with Crippen molar-refractivity contribution in [3.05, 3.63) is 10.4 Å². The molecule has 3 unspecified atom stereocenters. The van der Waals surface area contributed by atoms with Crippen molar-refractivity contribution in [1.82, 2.24) is 5.32 Å². The van der Waals surface area contributed by atoms with Gasteiger partial charge < -0.3 is 29.4 Å². The molecule has 0 bridgehead atoms. The highest BCUT2D eigenvalue weighted by atomic mass is 16.7. The molecule has 0 aromatic rings. The summed E-state index contributed by atoms with van der Waals surface area (Å²) in [6.45, 7) is 2.33. The number of aliphatic hydroxyl groups excluding tert-OH is 1. The maximum Gasteiger partial charge on any atom is 0.303 e. The average Bonchev–Trinajstić information content (AvgIpc) is 2.56. The van der Waals surface area contributed by atoms with E-state index in [0.29, 0.717) is 0 Å². The van der Waals surface area contributed by atoms with Crippen molar-refractivity contribution < 1.29 is 43.2 Å². The predicted molar refractivity (Wildman–Crippen MR) is 84.6 cm³/mol. The van der Waals surface area contributed by atoms with Crippen LogP contribution in [-0.2, 0) is 38.1 Å². The van der Waals surface area contributed by atoms with Gasteiger partial charge in [0.25, 0.3) is 0 Å². The number of carbonyl (C=O) groups is 4. The standard InChI is InChI=1S/C14H20N4O9/c1-6(19)24-5-9-12(25-7(2)20)13(26-8(3)21)11(14(23)27-9)17-10(22)4-16-18-15/h9,11-14,23H,4-5H2,1-3H3,(H,17,22)/t9?,11?,12-,13?,14+/m0/s1. The average molecular weight is 388 g/mol. The number of amides is 1. The Bertz CT molecular complexity index is 634. The van der Waals surface area contributed by atoms with Crippen LogP contribution in [0.1, 0.15) is 20.8 Å². The summed E-state index contributed by atoms with van der Waals surface area (Å²) in [6, 6.07) is -1.34. The van der Waals surface area contributed by atoms with Crippen LogP contribution in [0.3, 0.4) is 0 Å². The van der Waals surface area contributed by atoms with Crippen LogP contribution >= 0.6 is 0 Å². The van der Waals surface area contributed by atoms with Crippen molar-refractivity contribution in [2.45, 2.75) is 51.4 Å². The first-order valence-corrected chi connectivity index (χ1v) is 7.77. The van der Waals surface area contributed by atoms with E-state index in [-0.39, 0.29) is 0 Å². The van der Waals surface area contributed by atoms with E-state index in [1.807, 2.05) is 0 Å². The van der Waals surface area contributed by atoms with E-state index >= 15 is 0 Å². The third-order valence-electron chi connectivity index (χ3n) is 3.33. The van der Waals surface area contributed by atoms with Gasteiger partial charge in [0.2, 0.25) is 5.91 Å². The maximum absolute atomic E-state index is 11.8. The molecule has 1 saturated heterocycles. The van der Waals surface area contributed by atoms with Crippen molar-refractivity contribution in [2.24, 2.45) is 5.11 Å². The Morgan fingerprint density at radius 1 is 1.11 bits per heavy atom. The first-order valence-electron chi connectivity index (χ1n) is 7.77. The number of ether oxygens (including phenoxy) is 4.